The van der Waals surface area contributed by atoms with Crippen LogP contribution in [0, 0.1) is 19.7 Å². The van der Waals surface area contributed by atoms with Crippen LogP contribution in [-0.2, 0) is 6.54 Å². The van der Waals surface area contributed by atoms with Crippen molar-refractivity contribution in [2.24, 2.45) is 5.10 Å². The largest absolute Gasteiger partial charge is 0.278 e. The third-order valence-corrected chi connectivity index (χ3v) is 4.16. The zero-order valence-corrected chi connectivity index (χ0v) is 14.8. The molecule has 4 nitrogen and oxygen atoms in total. The molecule has 1 heterocycles. The third kappa shape index (κ3) is 4.25. The Morgan fingerprint density at radius 3 is 2.68 bits per heavy atom. The number of nitrogens with one attached hydrogen (secondary N) is 1. The molecule has 0 bridgehead atoms. The summed E-state index contributed by atoms with van der Waals surface area (Å²) < 4.78 is 14.7. The predicted molar refractivity (Wildman–Crippen MR) is 99.9 cm³/mol. The van der Waals surface area contributed by atoms with E-state index in [0.29, 0.717) is 11.7 Å². The zero-order chi connectivity index (χ0) is 17.8. The molecule has 0 unspecified atom stereocenters. The number of hydrazone groups is 1. The summed E-state index contributed by atoms with van der Waals surface area (Å²) >= 11 is 6.43. The summed E-state index contributed by atoms with van der Waals surface area (Å²) in [5.74, 6) is -0.262. The quantitative estimate of drug-likeness (QED) is 0.527. The van der Waals surface area contributed by atoms with Gasteiger partial charge in [-0.05, 0) is 49.2 Å². The van der Waals surface area contributed by atoms with Crippen LogP contribution in [0.2, 0.25) is 5.15 Å². The van der Waals surface area contributed by atoms with Gasteiger partial charge in [0.15, 0.2) is 0 Å². The minimum absolute atomic E-state index is 0.262. The summed E-state index contributed by atoms with van der Waals surface area (Å²) in [4.78, 5) is 0. The first-order valence-electron chi connectivity index (χ1n) is 7.86. The van der Waals surface area contributed by atoms with Crippen molar-refractivity contribution in [1.29, 1.82) is 0 Å². The van der Waals surface area contributed by atoms with Gasteiger partial charge in [0.05, 0.1) is 29.7 Å². The molecule has 0 saturated carbocycles. The Balaban J connectivity index is 1.75. The van der Waals surface area contributed by atoms with Crippen molar-refractivity contribution in [2.75, 3.05) is 5.43 Å². The topological polar surface area (TPSA) is 42.2 Å². The standard InChI is InChI=1S/C19H18ClFN4/c1-13-4-3-5-17(10-13)23-22-11-18-14(2)24-25(19(18)20)12-15-6-8-16(21)9-7-15/h3-11,23H,12H2,1-2H3/b22-11-. The molecule has 0 amide bonds. The van der Waals surface area contributed by atoms with E-state index in [0.717, 1.165) is 28.1 Å². The van der Waals surface area contributed by atoms with Gasteiger partial charge in [-0.15, -0.1) is 0 Å². The Hall–Kier alpha value is -2.66. The number of rotatable bonds is 5. The van der Waals surface area contributed by atoms with Crippen molar-refractivity contribution in [3.63, 3.8) is 0 Å². The van der Waals surface area contributed by atoms with E-state index in [9.17, 15) is 4.39 Å². The molecule has 0 fully saturated rings. The normalized spacial score (nSPS) is 11.2. The second-order valence-corrected chi connectivity index (χ2v) is 6.17. The van der Waals surface area contributed by atoms with Gasteiger partial charge >= 0.3 is 0 Å². The second-order valence-electron chi connectivity index (χ2n) is 5.81. The number of halogens is 2. The minimum Gasteiger partial charge on any atom is -0.278 e. The molecule has 25 heavy (non-hydrogen) atoms. The van der Waals surface area contributed by atoms with Gasteiger partial charge in [-0.25, -0.2) is 9.07 Å². The van der Waals surface area contributed by atoms with E-state index >= 15 is 0 Å². The van der Waals surface area contributed by atoms with E-state index in [1.165, 1.54) is 12.1 Å². The lowest BCUT2D eigenvalue weighted by Crippen LogP contribution is -2.02. The van der Waals surface area contributed by atoms with E-state index in [4.69, 9.17) is 11.6 Å². The van der Waals surface area contributed by atoms with Crippen molar-refractivity contribution in [3.8, 4) is 0 Å². The first-order valence-corrected chi connectivity index (χ1v) is 8.24. The van der Waals surface area contributed by atoms with Crippen molar-refractivity contribution >= 4 is 23.5 Å². The van der Waals surface area contributed by atoms with Crippen LogP contribution in [0.15, 0.2) is 53.6 Å². The summed E-state index contributed by atoms with van der Waals surface area (Å²) in [5, 5.41) is 9.18. The molecule has 0 atom stereocenters. The van der Waals surface area contributed by atoms with Crippen molar-refractivity contribution in [3.05, 3.63) is 81.9 Å². The van der Waals surface area contributed by atoms with Gasteiger partial charge in [-0.1, -0.05) is 35.9 Å². The lowest BCUT2D eigenvalue weighted by atomic mass is 10.2. The van der Waals surface area contributed by atoms with Crippen molar-refractivity contribution in [1.82, 2.24) is 9.78 Å². The Bertz CT molecular complexity index is 900. The summed E-state index contributed by atoms with van der Waals surface area (Å²) in [6.07, 6.45) is 1.66. The molecular weight excluding hydrogens is 339 g/mol. The maximum Gasteiger partial charge on any atom is 0.136 e. The fourth-order valence-corrected chi connectivity index (χ4v) is 2.75. The van der Waals surface area contributed by atoms with Crippen molar-refractivity contribution in [2.45, 2.75) is 20.4 Å². The number of nitrogens with zero attached hydrogens (tertiary/aromatic N) is 3. The highest BCUT2D eigenvalue weighted by atomic mass is 35.5. The van der Waals surface area contributed by atoms with Gasteiger partial charge < -0.3 is 0 Å². The number of benzene rings is 2. The molecule has 0 spiro atoms. The summed E-state index contributed by atoms with van der Waals surface area (Å²) in [5.41, 5.74) is 7.50. The molecule has 0 saturated heterocycles. The maximum atomic E-state index is 13.0. The fourth-order valence-electron chi connectivity index (χ4n) is 2.47. The van der Waals surface area contributed by atoms with Crippen LogP contribution >= 0.6 is 11.6 Å². The Morgan fingerprint density at radius 2 is 1.96 bits per heavy atom. The Kier molecular flexibility index (Phi) is 5.14. The summed E-state index contributed by atoms with van der Waals surface area (Å²) in [6.45, 7) is 4.37. The molecule has 3 rings (SSSR count). The van der Waals surface area contributed by atoms with Crippen LogP contribution < -0.4 is 5.43 Å². The third-order valence-electron chi connectivity index (χ3n) is 3.76. The molecule has 0 radical (unpaired) electrons. The van der Waals surface area contributed by atoms with Gasteiger partial charge in [-0.3, -0.25) is 5.43 Å². The highest BCUT2D eigenvalue weighted by molar-refractivity contribution is 6.32. The predicted octanol–water partition coefficient (Wildman–Crippen LogP) is 4.79. The molecule has 0 aliphatic rings. The average Bonchev–Trinajstić information content (AvgIpc) is 2.84. The molecule has 1 N–H and O–H groups in total. The lowest BCUT2D eigenvalue weighted by Gasteiger charge is -2.03. The van der Waals surface area contributed by atoms with Crippen molar-refractivity contribution < 1.29 is 4.39 Å². The first-order chi connectivity index (χ1) is 12.0. The zero-order valence-electron chi connectivity index (χ0n) is 14.0. The molecule has 0 aliphatic heterocycles. The van der Waals surface area contributed by atoms with Gasteiger partial charge in [-0.2, -0.15) is 10.2 Å². The molecule has 128 valence electrons. The minimum atomic E-state index is -0.262. The smallest absolute Gasteiger partial charge is 0.136 e. The monoisotopic (exact) mass is 356 g/mol. The van der Waals surface area contributed by atoms with Crippen LogP contribution in [0.25, 0.3) is 0 Å². The van der Waals surface area contributed by atoms with Gasteiger partial charge in [0.25, 0.3) is 0 Å². The van der Waals surface area contributed by atoms with Gasteiger partial charge in [0, 0.05) is 0 Å². The van der Waals surface area contributed by atoms with Crippen LogP contribution in [0.3, 0.4) is 0 Å². The lowest BCUT2D eigenvalue weighted by molar-refractivity contribution is 0.624. The molecule has 0 aliphatic carbocycles. The van der Waals surface area contributed by atoms with Crippen LogP contribution in [0.4, 0.5) is 10.1 Å². The molecule has 3 aromatic rings. The van der Waals surface area contributed by atoms with E-state index < -0.39 is 0 Å². The van der Waals surface area contributed by atoms with Gasteiger partial charge in [0.1, 0.15) is 11.0 Å². The second kappa shape index (κ2) is 7.49. The number of aryl methyl sites for hydroxylation is 2. The number of anilines is 1. The molecule has 1 aromatic heterocycles. The number of hydrogen-bond acceptors (Lipinski definition) is 3. The van der Waals surface area contributed by atoms with E-state index in [1.807, 2.05) is 38.1 Å². The molecular formula is C19H18ClFN4. The number of hydrogen-bond donors (Lipinski definition) is 1. The van der Waals surface area contributed by atoms with Crippen LogP contribution in [0.1, 0.15) is 22.4 Å². The van der Waals surface area contributed by atoms with E-state index in [-0.39, 0.29) is 5.82 Å². The highest BCUT2D eigenvalue weighted by Crippen LogP contribution is 2.19. The maximum absolute atomic E-state index is 13.0. The van der Waals surface area contributed by atoms with E-state index in [2.05, 4.69) is 15.6 Å². The Labute approximate surface area is 150 Å². The first kappa shape index (κ1) is 17.2. The summed E-state index contributed by atoms with van der Waals surface area (Å²) in [7, 11) is 0. The number of aromatic nitrogens is 2. The van der Waals surface area contributed by atoms with Gasteiger partial charge in [0.2, 0.25) is 0 Å². The molecule has 6 heteroatoms. The van der Waals surface area contributed by atoms with E-state index in [1.54, 1.807) is 23.0 Å². The fraction of sp³-hybridized carbons (Fsp3) is 0.158. The average molecular weight is 357 g/mol. The highest BCUT2D eigenvalue weighted by Gasteiger charge is 2.12. The molecule has 2 aromatic carbocycles. The summed E-state index contributed by atoms with van der Waals surface area (Å²) in [6, 6.07) is 14.2. The van der Waals surface area contributed by atoms with Crippen LogP contribution in [0.5, 0.6) is 0 Å². The van der Waals surface area contributed by atoms with Crippen LogP contribution in [-0.4, -0.2) is 16.0 Å². The Morgan fingerprint density at radius 1 is 1.20 bits per heavy atom. The SMILES string of the molecule is Cc1cccc(N/N=C\c2c(C)nn(Cc3ccc(F)cc3)c2Cl)c1.